The van der Waals surface area contributed by atoms with E-state index in [9.17, 15) is 14.0 Å². The van der Waals surface area contributed by atoms with E-state index in [1.807, 2.05) is 13.8 Å². The van der Waals surface area contributed by atoms with Crippen LogP contribution >= 0.6 is 0 Å². The molecule has 0 fully saturated rings. The molecule has 0 aliphatic carbocycles. The van der Waals surface area contributed by atoms with Gasteiger partial charge in [-0.1, -0.05) is 12.1 Å². The summed E-state index contributed by atoms with van der Waals surface area (Å²) in [6, 6.07) is 6.38. The van der Waals surface area contributed by atoms with E-state index in [0.717, 1.165) is 13.2 Å². The van der Waals surface area contributed by atoms with Crippen molar-refractivity contribution in [2.24, 2.45) is 0 Å². The number of hydrogen-bond donors (Lipinski definition) is 0. The smallest absolute Gasteiger partial charge is 0.366 e. The fourth-order valence-corrected chi connectivity index (χ4v) is 1.72. The second-order valence-electron chi connectivity index (χ2n) is 4.08. The Labute approximate surface area is 117 Å². The molecule has 5 heteroatoms. The van der Waals surface area contributed by atoms with Crippen molar-refractivity contribution >= 4 is 18.0 Å². The van der Waals surface area contributed by atoms with Gasteiger partial charge in [-0.15, -0.1) is 0 Å². The Bertz CT molecular complexity index is 504. The number of amides is 1. The largest absolute Gasteiger partial charge is 0.464 e. The standard InChI is InChI=1S/C15H18FNO3/c1-4-17(5-2)14(18)12-8-6-11(7-9-12)10-13(16)15(19)20-3/h6-10H,4-5H2,1-3H3/b13-10-. The number of carbonyl (C=O) groups excluding carboxylic acids is 2. The molecule has 1 aromatic rings. The van der Waals surface area contributed by atoms with Crippen LogP contribution in [0.2, 0.25) is 0 Å². The topological polar surface area (TPSA) is 46.6 Å². The lowest BCUT2D eigenvalue weighted by atomic mass is 10.1. The third kappa shape index (κ3) is 3.91. The van der Waals surface area contributed by atoms with E-state index in [4.69, 9.17) is 0 Å². The number of halogens is 1. The zero-order valence-corrected chi connectivity index (χ0v) is 11.9. The summed E-state index contributed by atoms with van der Waals surface area (Å²) >= 11 is 0. The van der Waals surface area contributed by atoms with Crippen molar-refractivity contribution in [3.63, 3.8) is 0 Å². The maximum Gasteiger partial charge on any atom is 0.366 e. The van der Waals surface area contributed by atoms with E-state index >= 15 is 0 Å². The lowest BCUT2D eigenvalue weighted by Gasteiger charge is -2.18. The molecule has 1 amide bonds. The molecule has 1 aromatic carbocycles. The minimum atomic E-state index is -1.02. The summed E-state index contributed by atoms with van der Waals surface area (Å²) in [6.07, 6.45) is 1.07. The van der Waals surface area contributed by atoms with Crippen LogP contribution in [-0.2, 0) is 9.53 Å². The van der Waals surface area contributed by atoms with Gasteiger partial charge in [-0.3, -0.25) is 4.79 Å². The van der Waals surface area contributed by atoms with Crippen LogP contribution in [0, 0.1) is 0 Å². The number of rotatable bonds is 5. The van der Waals surface area contributed by atoms with Crippen LogP contribution in [-0.4, -0.2) is 37.0 Å². The summed E-state index contributed by atoms with van der Waals surface area (Å²) in [6.45, 7) is 5.08. The lowest BCUT2D eigenvalue weighted by molar-refractivity contribution is -0.137. The quantitative estimate of drug-likeness (QED) is 0.615. The zero-order chi connectivity index (χ0) is 15.1. The fraction of sp³-hybridized carbons (Fsp3) is 0.333. The molecule has 0 aromatic heterocycles. The number of methoxy groups -OCH3 is 1. The van der Waals surface area contributed by atoms with Crippen LogP contribution in [0.5, 0.6) is 0 Å². The van der Waals surface area contributed by atoms with Gasteiger partial charge in [0.25, 0.3) is 5.91 Å². The molecule has 0 saturated heterocycles. The molecule has 1 rings (SSSR count). The van der Waals surface area contributed by atoms with E-state index in [1.54, 1.807) is 29.2 Å². The predicted octanol–water partition coefficient (Wildman–Crippen LogP) is 2.65. The molecule has 0 aliphatic rings. The van der Waals surface area contributed by atoms with E-state index in [0.29, 0.717) is 24.2 Å². The Balaban J connectivity index is 2.89. The third-order valence-corrected chi connectivity index (χ3v) is 2.88. The van der Waals surface area contributed by atoms with Crippen molar-refractivity contribution in [3.8, 4) is 0 Å². The highest BCUT2D eigenvalue weighted by atomic mass is 19.1. The van der Waals surface area contributed by atoms with E-state index in [1.165, 1.54) is 0 Å². The monoisotopic (exact) mass is 279 g/mol. The van der Waals surface area contributed by atoms with Crippen LogP contribution < -0.4 is 0 Å². The molecule has 0 radical (unpaired) electrons. The number of hydrogen-bond acceptors (Lipinski definition) is 3. The summed E-state index contributed by atoms with van der Waals surface area (Å²) in [5.74, 6) is -2.07. The molecule has 4 nitrogen and oxygen atoms in total. The summed E-state index contributed by atoms with van der Waals surface area (Å²) in [5.41, 5.74) is 1.02. The minimum Gasteiger partial charge on any atom is -0.464 e. The molecule has 0 unspecified atom stereocenters. The van der Waals surface area contributed by atoms with Crippen molar-refractivity contribution in [2.75, 3.05) is 20.2 Å². The first kappa shape index (κ1) is 15.9. The molecule has 0 saturated carbocycles. The first-order chi connectivity index (χ1) is 9.53. The van der Waals surface area contributed by atoms with Gasteiger partial charge in [0.2, 0.25) is 5.83 Å². The van der Waals surface area contributed by atoms with Gasteiger partial charge in [-0.25, -0.2) is 4.79 Å². The van der Waals surface area contributed by atoms with Gasteiger partial charge in [0.05, 0.1) is 7.11 Å². The van der Waals surface area contributed by atoms with Crippen LogP contribution in [0.15, 0.2) is 30.1 Å². The third-order valence-electron chi connectivity index (χ3n) is 2.88. The molecular formula is C15H18FNO3. The average Bonchev–Trinajstić information content (AvgIpc) is 2.48. The number of nitrogens with zero attached hydrogens (tertiary/aromatic N) is 1. The maximum atomic E-state index is 13.3. The Morgan fingerprint density at radius 3 is 2.20 bits per heavy atom. The number of carbonyl (C=O) groups is 2. The SMILES string of the molecule is CCN(CC)C(=O)c1ccc(/C=C(\F)C(=O)OC)cc1. The number of ether oxygens (including phenoxy) is 1. The predicted molar refractivity (Wildman–Crippen MR) is 74.8 cm³/mol. The lowest BCUT2D eigenvalue weighted by Crippen LogP contribution is -2.30. The Kier molecular flexibility index (Phi) is 5.90. The van der Waals surface area contributed by atoms with Crippen LogP contribution in [0.25, 0.3) is 6.08 Å². The van der Waals surface area contributed by atoms with Crippen molar-refractivity contribution < 1.29 is 18.7 Å². The first-order valence-corrected chi connectivity index (χ1v) is 6.38. The van der Waals surface area contributed by atoms with E-state index in [2.05, 4.69) is 4.74 Å². The summed E-state index contributed by atoms with van der Waals surface area (Å²) in [5, 5.41) is 0. The fourth-order valence-electron chi connectivity index (χ4n) is 1.72. The maximum absolute atomic E-state index is 13.3. The normalized spacial score (nSPS) is 11.1. The molecular weight excluding hydrogens is 261 g/mol. The van der Waals surface area contributed by atoms with Crippen molar-refractivity contribution in [1.29, 1.82) is 0 Å². The van der Waals surface area contributed by atoms with Crippen molar-refractivity contribution in [2.45, 2.75) is 13.8 Å². The van der Waals surface area contributed by atoms with Gasteiger partial charge in [-0.2, -0.15) is 4.39 Å². The van der Waals surface area contributed by atoms with E-state index < -0.39 is 11.8 Å². The van der Waals surface area contributed by atoms with E-state index in [-0.39, 0.29) is 5.91 Å². The minimum absolute atomic E-state index is 0.0704. The Morgan fingerprint density at radius 2 is 1.75 bits per heavy atom. The highest BCUT2D eigenvalue weighted by Crippen LogP contribution is 2.12. The summed E-state index contributed by atoms with van der Waals surface area (Å²) < 4.78 is 17.6. The number of benzene rings is 1. The van der Waals surface area contributed by atoms with Gasteiger partial charge in [-0.05, 0) is 37.6 Å². The summed E-state index contributed by atoms with van der Waals surface area (Å²) in [4.78, 5) is 24.7. The van der Waals surface area contributed by atoms with Gasteiger partial charge >= 0.3 is 5.97 Å². The average molecular weight is 279 g/mol. The highest BCUT2D eigenvalue weighted by molar-refractivity contribution is 5.95. The van der Waals surface area contributed by atoms with Gasteiger partial charge < -0.3 is 9.64 Å². The second kappa shape index (κ2) is 7.43. The molecule has 0 spiro atoms. The van der Waals surface area contributed by atoms with Gasteiger partial charge in [0, 0.05) is 18.7 Å². The molecule has 108 valence electrons. The summed E-state index contributed by atoms with van der Waals surface area (Å²) in [7, 11) is 1.11. The molecule has 0 bridgehead atoms. The zero-order valence-electron chi connectivity index (χ0n) is 11.9. The van der Waals surface area contributed by atoms with Crippen molar-refractivity contribution in [3.05, 3.63) is 41.2 Å². The second-order valence-corrected chi connectivity index (χ2v) is 4.08. The Hall–Kier alpha value is -2.17. The van der Waals surface area contributed by atoms with Crippen LogP contribution in [0.3, 0.4) is 0 Å². The molecule has 0 aliphatic heterocycles. The van der Waals surface area contributed by atoms with Crippen LogP contribution in [0.1, 0.15) is 29.8 Å². The molecule has 0 atom stereocenters. The Morgan fingerprint density at radius 1 is 1.20 bits per heavy atom. The number of esters is 1. The highest BCUT2D eigenvalue weighted by Gasteiger charge is 2.12. The molecule has 20 heavy (non-hydrogen) atoms. The first-order valence-electron chi connectivity index (χ1n) is 6.38. The van der Waals surface area contributed by atoms with Gasteiger partial charge in [0.15, 0.2) is 0 Å². The molecule has 0 heterocycles. The van der Waals surface area contributed by atoms with Gasteiger partial charge in [0.1, 0.15) is 0 Å². The molecule has 0 N–H and O–H groups in total. The van der Waals surface area contributed by atoms with Crippen LogP contribution in [0.4, 0.5) is 4.39 Å². The van der Waals surface area contributed by atoms with Crippen molar-refractivity contribution in [1.82, 2.24) is 4.90 Å².